The van der Waals surface area contributed by atoms with Crippen molar-refractivity contribution < 1.29 is 23.0 Å². The summed E-state index contributed by atoms with van der Waals surface area (Å²) >= 11 is 6.34. The second-order valence-corrected chi connectivity index (χ2v) is 9.83. The van der Waals surface area contributed by atoms with Crippen LogP contribution in [0.2, 0.25) is 5.02 Å². The van der Waals surface area contributed by atoms with E-state index in [1.807, 2.05) is 7.05 Å². The highest BCUT2D eigenvalue weighted by Crippen LogP contribution is 2.40. The molecular formula is C21H24ClN5O5S. The minimum absolute atomic E-state index is 0.0291. The van der Waals surface area contributed by atoms with Gasteiger partial charge in [0.1, 0.15) is 16.4 Å². The number of benzene rings is 2. The van der Waals surface area contributed by atoms with Crippen molar-refractivity contribution in [2.24, 2.45) is 0 Å². The topological polar surface area (TPSA) is 110 Å². The lowest BCUT2D eigenvalue weighted by Crippen LogP contribution is -2.47. The molecule has 33 heavy (non-hydrogen) atoms. The van der Waals surface area contributed by atoms with E-state index in [0.29, 0.717) is 48.2 Å². The highest BCUT2D eigenvalue weighted by molar-refractivity contribution is 7.89. The molecule has 10 nitrogen and oxygen atoms in total. The van der Waals surface area contributed by atoms with E-state index in [9.17, 15) is 13.5 Å². The van der Waals surface area contributed by atoms with Crippen molar-refractivity contribution in [3.05, 3.63) is 41.4 Å². The number of hydrogen-bond acceptors (Lipinski definition) is 8. The van der Waals surface area contributed by atoms with Gasteiger partial charge in [0.2, 0.25) is 10.0 Å². The van der Waals surface area contributed by atoms with Crippen molar-refractivity contribution >= 4 is 21.6 Å². The minimum atomic E-state index is -3.88. The van der Waals surface area contributed by atoms with E-state index in [1.165, 1.54) is 35.2 Å². The second kappa shape index (κ2) is 9.18. The van der Waals surface area contributed by atoms with Crippen LogP contribution in [0.5, 0.6) is 17.5 Å². The Kier molecular flexibility index (Phi) is 6.48. The van der Waals surface area contributed by atoms with Gasteiger partial charge in [-0.15, -0.1) is 5.10 Å². The molecule has 4 rings (SSSR count). The summed E-state index contributed by atoms with van der Waals surface area (Å²) in [6, 6.07) is 9.37. The van der Waals surface area contributed by atoms with E-state index < -0.39 is 16.0 Å². The number of rotatable bonds is 6. The van der Waals surface area contributed by atoms with Gasteiger partial charge in [0.05, 0.1) is 30.5 Å². The summed E-state index contributed by atoms with van der Waals surface area (Å²) in [6.45, 7) is 1.97. The second-order valence-electron chi connectivity index (χ2n) is 7.52. The quantitative estimate of drug-likeness (QED) is 0.556. The van der Waals surface area contributed by atoms with Crippen LogP contribution in [0.1, 0.15) is 0 Å². The first-order valence-corrected chi connectivity index (χ1v) is 11.9. The highest BCUT2D eigenvalue weighted by Gasteiger charge is 2.32. The molecule has 12 heteroatoms. The van der Waals surface area contributed by atoms with Crippen LogP contribution in [0.4, 0.5) is 0 Å². The first kappa shape index (κ1) is 23.3. The van der Waals surface area contributed by atoms with Crippen LogP contribution < -0.4 is 9.47 Å². The molecule has 0 aliphatic carbocycles. The fourth-order valence-corrected chi connectivity index (χ4v) is 5.52. The average molecular weight is 494 g/mol. The van der Waals surface area contributed by atoms with Crippen molar-refractivity contribution in [3.63, 3.8) is 0 Å². The van der Waals surface area contributed by atoms with E-state index in [0.717, 1.165) is 0 Å². The predicted molar refractivity (Wildman–Crippen MR) is 123 cm³/mol. The standard InChI is InChI=1S/C21H24ClN5O5S/c1-25-8-10-26(11-9-25)33(29,30)19-12-14(17(31-2)13-18(19)32-3)20-23-24-21(28)27(20)16-7-5-4-6-15(16)22/h4-7,12-13H,8-11H2,1-3H3,(H,24,28). The molecule has 2 heterocycles. The zero-order valence-corrected chi connectivity index (χ0v) is 20.0. The number of aromatic hydroxyl groups is 1. The molecule has 1 N–H and O–H groups in total. The van der Waals surface area contributed by atoms with Crippen LogP contribution >= 0.6 is 11.6 Å². The van der Waals surface area contributed by atoms with Gasteiger partial charge in [-0.2, -0.15) is 4.31 Å². The summed E-state index contributed by atoms with van der Waals surface area (Å²) < 4.78 is 40.8. The number of ether oxygens (including phenoxy) is 2. The maximum absolute atomic E-state index is 13.5. The van der Waals surface area contributed by atoms with E-state index >= 15 is 0 Å². The average Bonchev–Trinajstić information content (AvgIpc) is 3.19. The third-order valence-corrected chi connectivity index (χ3v) is 7.79. The molecule has 0 unspecified atom stereocenters. The van der Waals surface area contributed by atoms with E-state index in [1.54, 1.807) is 24.3 Å². The number of nitrogens with zero attached hydrogens (tertiary/aromatic N) is 5. The van der Waals surface area contributed by atoms with Gasteiger partial charge in [-0.05, 0) is 25.2 Å². The van der Waals surface area contributed by atoms with Gasteiger partial charge in [-0.25, -0.2) is 13.0 Å². The van der Waals surface area contributed by atoms with Crippen molar-refractivity contribution in [1.29, 1.82) is 0 Å². The highest BCUT2D eigenvalue weighted by atomic mass is 35.5. The number of likely N-dealkylation sites (N-methyl/N-ethyl adjacent to an activating group) is 1. The maximum Gasteiger partial charge on any atom is 0.319 e. The van der Waals surface area contributed by atoms with Crippen LogP contribution in [0.3, 0.4) is 0 Å². The van der Waals surface area contributed by atoms with Crippen molar-refractivity contribution in [3.8, 4) is 34.6 Å². The van der Waals surface area contributed by atoms with Gasteiger partial charge in [-0.3, -0.25) is 0 Å². The normalized spacial score (nSPS) is 15.5. The summed E-state index contributed by atoms with van der Waals surface area (Å²) in [5, 5.41) is 18.6. The number of para-hydroxylation sites is 1. The monoisotopic (exact) mass is 493 g/mol. The molecule has 0 atom stereocenters. The minimum Gasteiger partial charge on any atom is -0.496 e. The smallest absolute Gasteiger partial charge is 0.319 e. The van der Waals surface area contributed by atoms with E-state index in [-0.39, 0.29) is 16.5 Å². The molecule has 0 bridgehead atoms. The van der Waals surface area contributed by atoms with Crippen LogP contribution in [0.25, 0.3) is 17.1 Å². The van der Waals surface area contributed by atoms with Crippen molar-refractivity contribution in [2.75, 3.05) is 47.4 Å². The summed E-state index contributed by atoms with van der Waals surface area (Å²) in [4.78, 5) is 2.04. The molecule has 1 fully saturated rings. The molecule has 1 aliphatic heterocycles. The SMILES string of the molecule is COc1cc(OC)c(S(=O)(=O)N2CCN(C)CC2)cc1-c1nnc(O)n1-c1ccccc1Cl. The number of piperazine rings is 1. The van der Waals surface area contributed by atoms with Crippen molar-refractivity contribution in [2.45, 2.75) is 4.90 Å². The fraction of sp³-hybridized carbons (Fsp3) is 0.333. The Morgan fingerprint density at radius 1 is 1.00 bits per heavy atom. The molecule has 0 saturated carbocycles. The molecule has 2 aromatic carbocycles. The molecule has 0 amide bonds. The summed E-state index contributed by atoms with van der Waals surface area (Å²) in [7, 11) is 0.912. The third-order valence-electron chi connectivity index (χ3n) is 5.55. The first-order chi connectivity index (χ1) is 15.8. The molecule has 1 aromatic heterocycles. The zero-order chi connectivity index (χ0) is 23.8. The van der Waals surface area contributed by atoms with Crippen LogP contribution in [-0.2, 0) is 10.0 Å². The molecule has 3 aromatic rings. The molecule has 0 radical (unpaired) electrons. The molecular weight excluding hydrogens is 470 g/mol. The maximum atomic E-state index is 13.5. The van der Waals surface area contributed by atoms with Gasteiger partial charge < -0.3 is 19.5 Å². The number of aromatic nitrogens is 3. The van der Waals surface area contributed by atoms with Gasteiger partial charge in [0.15, 0.2) is 5.82 Å². The fourth-order valence-electron chi connectivity index (χ4n) is 3.72. The summed E-state index contributed by atoms with van der Waals surface area (Å²) in [5.41, 5.74) is 0.733. The Morgan fingerprint density at radius 3 is 2.30 bits per heavy atom. The molecule has 1 saturated heterocycles. The van der Waals surface area contributed by atoms with Crippen LogP contribution in [0, 0.1) is 0 Å². The lowest BCUT2D eigenvalue weighted by molar-refractivity contribution is 0.222. The Bertz CT molecular complexity index is 1270. The molecule has 1 aliphatic rings. The lowest BCUT2D eigenvalue weighted by Gasteiger charge is -2.32. The van der Waals surface area contributed by atoms with Gasteiger partial charge >= 0.3 is 6.01 Å². The summed E-state index contributed by atoms with van der Waals surface area (Å²) in [6.07, 6.45) is 0. The largest absolute Gasteiger partial charge is 0.496 e. The Morgan fingerprint density at radius 2 is 1.67 bits per heavy atom. The number of sulfonamides is 1. The number of halogens is 1. The Balaban J connectivity index is 1.91. The zero-order valence-electron chi connectivity index (χ0n) is 18.4. The van der Waals surface area contributed by atoms with Gasteiger partial charge in [-0.1, -0.05) is 28.8 Å². The van der Waals surface area contributed by atoms with Gasteiger partial charge in [0.25, 0.3) is 0 Å². The van der Waals surface area contributed by atoms with Crippen LogP contribution in [-0.4, -0.2) is 84.9 Å². The summed E-state index contributed by atoms with van der Waals surface area (Å²) in [5.74, 6) is 0.599. The number of hydrogen-bond donors (Lipinski definition) is 1. The lowest BCUT2D eigenvalue weighted by atomic mass is 10.1. The van der Waals surface area contributed by atoms with E-state index in [4.69, 9.17) is 21.1 Å². The van der Waals surface area contributed by atoms with Crippen LogP contribution in [0.15, 0.2) is 41.3 Å². The molecule has 0 spiro atoms. The Labute approximate surface area is 197 Å². The van der Waals surface area contributed by atoms with Gasteiger partial charge in [0, 0.05) is 32.2 Å². The first-order valence-electron chi connectivity index (χ1n) is 10.1. The van der Waals surface area contributed by atoms with Crippen molar-refractivity contribution in [1.82, 2.24) is 24.0 Å². The predicted octanol–water partition coefficient (Wildman–Crippen LogP) is 2.25. The Hall–Kier alpha value is -2.86. The third kappa shape index (κ3) is 4.24. The van der Waals surface area contributed by atoms with E-state index in [2.05, 4.69) is 15.1 Å². The number of methoxy groups -OCH3 is 2. The molecule has 176 valence electrons.